The number of hydrogen-bond acceptors (Lipinski definition) is 2. The van der Waals surface area contributed by atoms with Crippen molar-refractivity contribution in [3.05, 3.63) is 14.9 Å². The second-order valence-corrected chi connectivity index (χ2v) is 5.01. The van der Waals surface area contributed by atoms with Crippen molar-refractivity contribution in [2.75, 3.05) is 0 Å². The van der Waals surface area contributed by atoms with Gasteiger partial charge in [0.25, 0.3) is 0 Å². The van der Waals surface area contributed by atoms with Gasteiger partial charge in [0.15, 0.2) is 0 Å². The summed E-state index contributed by atoms with van der Waals surface area (Å²) in [7, 11) is 8.75. The Labute approximate surface area is 49.4 Å². The van der Waals surface area contributed by atoms with Crippen LogP contribution in [0.25, 0.3) is 0 Å². The first-order valence-electron chi connectivity index (χ1n) is 0.333. The standard InChI is InChI=1S/2CH3.2S.W/h2*1H3;;;/q2*-1;;;. The molecule has 0 aliphatic carbocycles. The first-order chi connectivity index (χ1) is 1.41. The van der Waals surface area contributed by atoms with Crippen LogP contribution in [0.5, 0.6) is 0 Å². The van der Waals surface area contributed by atoms with E-state index in [-0.39, 0.29) is 14.9 Å². The van der Waals surface area contributed by atoms with Crippen molar-refractivity contribution in [2.24, 2.45) is 0 Å². The molecule has 0 aromatic heterocycles. The Morgan fingerprint density at radius 2 is 1.00 bits per heavy atom. The molecule has 0 fully saturated rings. The second kappa shape index (κ2) is 19.3. The van der Waals surface area contributed by atoms with Gasteiger partial charge in [0.05, 0.1) is 0 Å². The van der Waals surface area contributed by atoms with Crippen LogP contribution >= 0.6 is 19.6 Å². The maximum atomic E-state index is 4.38. The Morgan fingerprint density at radius 1 is 1.00 bits per heavy atom. The van der Waals surface area contributed by atoms with Gasteiger partial charge >= 0.3 is 34.6 Å². The predicted molar refractivity (Wildman–Crippen MR) is 28.0 cm³/mol. The molecule has 0 atom stereocenters. The van der Waals surface area contributed by atoms with Crippen molar-refractivity contribution in [3.63, 3.8) is 0 Å². The van der Waals surface area contributed by atoms with Gasteiger partial charge in [-0.1, -0.05) is 0 Å². The molecule has 0 aromatic carbocycles. The third-order valence-corrected chi connectivity index (χ3v) is 0. The summed E-state index contributed by atoms with van der Waals surface area (Å²) in [5.41, 5.74) is 0. The van der Waals surface area contributed by atoms with E-state index in [4.69, 9.17) is 0 Å². The number of hydrogen-bond donors (Lipinski definition) is 0. The topological polar surface area (TPSA) is 0 Å². The van der Waals surface area contributed by atoms with E-state index in [2.05, 4.69) is 19.6 Å². The summed E-state index contributed by atoms with van der Waals surface area (Å²) in [5.74, 6) is 0. The molecule has 0 rings (SSSR count). The zero-order valence-corrected chi connectivity index (χ0v) is 7.79. The molecule has 0 saturated heterocycles. The van der Waals surface area contributed by atoms with E-state index in [9.17, 15) is 0 Å². The minimum atomic E-state index is -0.583. The van der Waals surface area contributed by atoms with Gasteiger partial charge in [0.2, 0.25) is 0 Å². The first kappa shape index (κ1) is 16.5. The average Bonchev–Trinajstić information content (AvgIpc) is 0.918. The first-order valence-corrected chi connectivity index (χ1v) is 8.19. The summed E-state index contributed by atoms with van der Waals surface area (Å²) in [6.07, 6.45) is 0. The molecule has 3 heteroatoms. The summed E-state index contributed by atoms with van der Waals surface area (Å²) < 4.78 is 0. The average molecular weight is 278 g/mol. The monoisotopic (exact) mass is 278 g/mol. The Morgan fingerprint density at radius 3 is 1.00 bits per heavy atom. The zero-order valence-electron chi connectivity index (χ0n) is 3.22. The molecule has 5 heavy (non-hydrogen) atoms. The van der Waals surface area contributed by atoms with Crippen molar-refractivity contribution in [3.8, 4) is 0 Å². The van der Waals surface area contributed by atoms with Crippen molar-refractivity contribution in [1.82, 2.24) is 0 Å². The summed E-state index contributed by atoms with van der Waals surface area (Å²) in [4.78, 5) is 0. The van der Waals surface area contributed by atoms with Crippen LogP contribution in [0.4, 0.5) is 0 Å². The summed E-state index contributed by atoms with van der Waals surface area (Å²) >= 11 is -0.583. The van der Waals surface area contributed by atoms with E-state index in [1.165, 1.54) is 0 Å². The molecule has 0 radical (unpaired) electrons. The molecule has 0 N–H and O–H groups in total. The summed E-state index contributed by atoms with van der Waals surface area (Å²) in [6.45, 7) is 0. The molecule has 0 spiro atoms. The molecule has 0 saturated carbocycles. The predicted octanol–water partition coefficient (Wildman–Crippen LogP) is 2.19. The Kier molecular flexibility index (Phi) is 63.6. The van der Waals surface area contributed by atoms with Gasteiger partial charge in [-0.2, -0.15) is 0 Å². The van der Waals surface area contributed by atoms with Crippen molar-refractivity contribution < 1.29 is 14.9 Å². The molecule has 0 bridgehead atoms. The van der Waals surface area contributed by atoms with Crippen LogP contribution in [-0.2, 0) is 14.9 Å². The van der Waals surface area contributed by atoms with Gasteiger partial charge in [0, 0.05) is 0 Å². The Hall–Kier alpha value is 1.13. The van der Waals surface area contributed by atoms with Crippen LogP contribution in [0.1, 0.15) is 0 Å². The fourth-order valence-electron chi connectivity index (χ4n) is 0. The van der Waals surface area contributed by atoms with Gasteiger partial charge in [-0.15, -0.1) is 0 Å². The normalized spacial score (nSPS) is 2.40. The molecule has 0 aliphatic heterocycles. The van der Waals surface area contributed by atoms with Crippen molar-refractivity contribution in [2.45, 2.75) is 0 Å². The fraction of sp³-hybridized carbons (Fsp3) is 0. The molecule has 0 nitrogen and oxygen atoms in total. The van der Waals surface area contributed by atoms with Crippen molar-refractivity contribution in [1.29, 1.82) is 0 Å². The maximum absolute atomic E-state index is 4.38. The third kappa shape index (κ3) is 39.4. The quantitative estimate of drug-likeness (QED) is 0.623. The Balaban J connectivity index is -0.0000000200. The zero-order chi connectivity index (χ0) is 2.71. The van der Waals surface area contributed by atoms with E-state index in [0.29, 0.717) is 0 Å². The van der Waals surface area contributed by atoms with E-state index >= 15 is 0 Å². The fourth-order valence-corrected chi connectivity index (χ4v) is 0. The Bertz CT molecular complexity index is 28.6. The van der Waals surface area contributed by atoms with E-state index in [1.807, 2.05) is 0 Å². The number of rotatable bonds is 0. The molecule has 0 aliphatic rings. The van der Waals surface area contributed by atoms with Crippen LogP contribution in [0, 0.1) is 14.9 Å². The third-order valence-electron chi connectivity index (χ3n) is 0. The van der Waals surface area contributed by atoms with Gasteiger partial charge < -0.3 is 14.9 Å². The summed E-state index contributed by atoms with van der Waals surface area (Å²) in [5, 5.41) is 0. The molecule has 0 aromatic rings. The second-order valence-electron chi connectivity index (χ2n) is 0.0680. The van der Waals surface area contributed by atoms with Crippen molar-refractivity contribution >= 4 is 19.6 Å². The van der Waals surface area contributed by atoms with Gasteiger partial charge in [-0.25, -0.2) is 0 Å². The van der Waals surface area contributed by atoms with E-state index in [0.717, 1.165) is 0 Å². The molecular formula is C2H6S2W-2. The van der Waals surface area contributed by atoms with E-state index in [1.54, 1.807) is 0 Å². The van der Waals surface area contributed by atoms with E-state index < -0.39 is 14.9 Å². The summed E-state index contributed by atoms with van der Waals surface area (Å²) in [6, 6.07) is 0. The van der Waals surface area contributed by atoms with Gasteiger partial charge in [-0.3, -0.25) is 0 Å². The minimum absolute atomic E-state index is 0. The van der Waals surface area contributed by atoms with Crippen LogP contribution in [0.15, 0.2) is 0 Å². The molecule has 34 valence electrons. The van der Waals surface area contributed by atoms with Gasteiger partial charge in [-0.05, 0) is 0 Å². The SMILES string of the molecule is [CH3-].[CH3-].[S]=[W]=[S]. The van der Waals surface area contributed by atoms with Gasteiger partial charge in [0.1, 0.15) is 0 Å². The molecule has 0 amide bonds. The molecule has 0 unspecified atom stereocenters. The van der Waals surface area contributed by atoms with Crippen LogP contribution in [0.3, 0.4) is 0 Å². The molecule has 0 heterocycles. The van der Waals surface area contributed by atoms with Crippen LogP contribution in [-0.4, -0.2) is 0 Å². The van der Waals surface area contributed by atoms with Crippen LogP contribution in [0.2, 0.25) is 0 Å². The van der Waals surface area contributed by atoms with Crippen LogP contribution < -0.4 is 0 Å². The molecular weight excluding hydrogens is 272 g/mol.